The lowest BCUT2D eigenvalue weighted by Gasteiger charge is -2.08. The molecule has 0 aliphatic heterocycles. The zero-order chi connectivity index (χ0) is 17.7. The van der Waals surface area contributed by atoms with Crippen molar-refractivity contribution in [3.63, 3.8) is 0 Å². The number of carbonyl (C=O) groups excluding carboxylic acids is 1. The third kappa shape index (κ3) is 2.39. The van der Waals surface area contributed by atoms with Gasteiger partial charge in [0.15, 0.2) is 0 Å². The molecule has 1 aromatic heterocycles. The van der Waals surface area contributed by atoms with Crippen molar-refractivity contribution in [3.05, 3.63) is 72.3 Å². The number of benzene rings is 3. The first-order valence-electron chi connectivity index (χ1n) is 9.12. The van der Waals surface area contributed by atoms with Gasteiger partial charge in [0.05, 0.1) is 0 Å². The Kier molecular flexibility index (Phi) is 3.35. The molecule has 0 saturated heterocycles. The Morgan fingerprint density at radius 2 is 1.73 bits per heavy atom. The topological polar surface area (TPSA) is 48.0 Å². The van der Waals surface area contributed by atoms with Crippen LogP contribution in [0, 0.1) is 5.92 Å². The highest BCUT2D eigenvalue weighted by Gasteiger charge is 2.25. The molecule has 3 nitrogen and oxygen atoms in total. The van der Waals surface area contributed by atoms with E-state index in [0.717, 1.165) is 28.8 Å². The molecule has 1 saturated carbocycles. The Balaban J connectivity index is 1.83. The highest BCUT2D eigenvalue weighted by Crippen LogP contribution is 2.38. The molecule has 2 N–H and O–H groups in total. The summed E-state index contributed by atoms with van der Waals surface area (Å²) in [5.41, 5.74) is 11.0. The van der Waals surface area contributed by atoms with Crippen LogP contribution >= 0.6 is 0 Å². The zero-order valence-electron chi connectivity index (χ0n) is 14.5. The maximum absolute atomic E-state index is 12.0. The molecule has 1 aliphatic rings. The van der Waals surface area contributed by atoms with Crippen LogP contribution in [0.5, 0.6) is 0 Å². The zero-order valence-corrected chi connectivity index (χ0v) is 14.5. The molecule has 0 unspecified atom stereocenters. The standard InChI is InChI=1S/C23H20N2O/c24-23(26)19-7-4-8-20-22(19)18-12-11-17(16-5-2-1-3-6-16)13-21(18)25(20)14-15-9-10-15/h1-8,11-13,15H,9-10,14H2,(H2,24,26). The van der Waals surface area contributed by atoms with E-state index in [1.807, 2.05) is 18.2 Å². The summed E-state index contributed by atoms with van der Waals surface area (Å²) in [7, 11) is 0. The number of primary amides is 1. The van der Waals surface area contributed by atoms with E-state index in [9.17, 15) is 4.79 Å². The van der Waals surface area contributed by atoms with E-state index in [1.165, 1.54) is 29.5 Å². The van der Waals surface area contributed by atoms with Gasteiger partial charge >= 0.3 is 0 Å². The van der Waals surface area contributed by atoms with Gasteiger partial charge in [-0.2, -0.15) is 0 Å². The molecule has 3 heteroatoms. The number of hydrogen-bond donors (Lipinski definition) is 1. The van der Waals surface area contributed by atoms with Gasteiger partial charge in [-0.25, -0.2) is 0 Å². The van der Waals surface area contributed by atoms with Crippen molar-refractivity contribution >= 4 is 27.7 Å². The molecular formula is C23H20N2O. The smallest absolute Gasteiger partial charge is 0.249 e. The van der Waals surface area contributed by atoms with E-state index < -0.39 is 0 Å². The minimum absolute atomic E-state index is 0.367. The van der Waals surface area contributed by atoms with Crippen LogP contribution in [-0.2, 0) is 6.54 Å². The van der Waals surface area contributed by atoms with Crippen LogP contribution in [0.2, 0.25) is 0 Å². The molecule has 128 valence electrons. The van der Waals surface area contributed by atoms with Gasteiger partial charge in [0.2, 0.25) is 5.91 Å². The van der Waals surface area contributed by atoms with Crippen molar-refractivity contribution in [1.82, 2.24) is 4.57 Å². The van der Waals surface area contributed by atoms with Crippen molar-refractivity contribution in [2.24, 2.45) is 11.7 Å². The Hall–Kier alpha value is -3.07. The minimum Gasteiger partial charge on any atom is -0.366 e. The maximum Gasteiger partial charge on any atom is 0.249 e. The van der Waals surface area contributed by atoms with Gasteiger partial charge in [-0.15, -0.1) is 0 Å². The number of nitrogens with zero attached hydrogens (tertiary/aromatic N) is 1. The van der Waals surface area contributed by atoms with Crippen molar-refractivity contribution < 1.29 is 4.79 Å². The van der Waals surface area contributed by atoms with E-state index in [0.29, 0.717) is 5.56 Å². The number of hydrogen-bond acceptors (Lipinski definition) is 1. The van der Waals surface area contributed by atoms with E-state index in [4.69, 9.17) is 5.73 Å². The summed E-state index contributed by atoms with van der Waals surface area (Å²) in [6.45, 7) is 1.00. The van der Waals surface area contributed by atoms with Crippen LogP contribution in [-0.4, -0.2) is 10.5 Å². The first-order chi connectivity index (χ1) is 12.7. The third-order valence-electron chi connectivity index (χ3n) is 5.40. The van der Waals surface area contributed by atoms with Crippen LogP contribution in [0.25, 0.3) is 32.9 Å². The lowest BCUT2D eigenvalue weighted by molar-refractivity contribution is 0.100. The van der Waals surface area contributed by atoms with E-state index in [2.05, 4.69) is 53.1 Å². The summed E-state index contributed by atoms with van der Waals surface area (Å²) in [4.78, 5) is 12.0. The van der Waals surface area contributed by atoms with E-state index >= 15 is 0 Å². The van der Waals surface area contributed by atoms with Gasteiger partial charge in [-0.05, 0) is 48.1 Å². The number of aromatic nitrogens is 1. The van der Waals surface area contributed by atoms with Gasteiger partial charge in [0, 0.05) is 33.9 Å². The second-order valence-corrected chi connectivity index (χ2v) is 7.22. The first-order valence-corrected chi connectivity index (χ1v) is 9.12. The highest BCUT2D eigenvalue weighted by atomic mass is 16.1. The molecule has 1 fully saturated rings. The summed E-state index contributed by atoms with van der Waals surface area (Å²) in [5.74, 6) is 0.375. The molecular weight excluding hydrogens is 320 g/mol. The van der Waals surface area contributed by atoms with Crippen molar-refractivity contribution in [1.29, 1.82) is 0 Å². The summed E-state index contributed by atoms with van der Waals surface area (Å²) in [6.07, 6.45) is 2.57. The fourth-order valence-electron chi connectivity index (χ4n) is 3.92. The molecule has 1 aliphatic carbocycles. The fraction of sp³-hybridized carbons (Fsp3) is 0.174. The summed E-state index contributed by atoms with van der Waals surface area (Å²) < 4.78 is 2.38. The monoisotopic (exact) mass is 340 g/mol. The average Bonchev–Trinajstić information content (AvgIpc) is 3.44. The fourth-order valence-corrected chi connectivity index (χ4v) is 3.92. The van der Waals surface area contributed by atoms with Crippen LogP contribution < -0.4 is 5.73 Å². The number of amides is 1. The van der Waals surface area contributed by atoms with Crippen molar-refractivity contribution in [2.75, 3.05) is 0 Å². The average molecular weight is 340 g/mol. The molecule has 5 rings (SSSR count). The van der Waals surface area contributed by atoms with Crippen LogP contribution in [0.4, 0.5) is 0 Å². The van der Waals surface area contributed by atoms with Crippen LogP contribution in [0.15, 0.2) is 66.7 Å². The van der Waals surface area contributed by atoms with Crippen LogP contribution in [0.3, 0.4) is 0 Å². The summed E-state index contributed by atoms with van der Waals surface area (Å²) in [5, 5.41) is 2.09. The molecule has 1 heterocycles. The van der Waals surface area contributed by atoms with E-state index in [1.54, 1.807) is 0 Å². The van der Waals surface area contributed by atoms with Crippen molar-refractivity contribution in [3.8, 4) is 11.1 Å². The normalized spacial score (nSPS) is 14.2. The molecule has 0 atom stereocenters. The van der Waals surface area contributed by atoms with Crippen LogP contribution in [0.1, 0.15) is 23.2 Å². The lowest BCUT2D eigenvalue weighted by Crippen LogP contribution is -2.11. The molecule has 26 heavy (non-hydrogen) atoms. The largest absolute Gasteiger partial charge is 0.366 e. The molecule has 4 aromatic rings. The van der Waals surface area contributed by atoms with Gasteiger partial charge in [-0.1, -0.05) is 48.5 Å². The Morgan fingerprint density at radius 1 is 0.923 bits per heavy atom. The SMILES string of the molecule is NC(=O)c1cccc2c1c1ccc(-c3ccccc3)cc1n2CC1CC1. The van der Waals surface area contributed by atoms with Gasteiger partial charge in [0.1, 0.15) is 0 Å². The summed E-state index contributed by atoms with van der Waals surface area (Å²) in [6, 6.07) is 22.8. The number of fused-ring (bicyclic) bond motifs is 3. The number of rotatable bonds is 4. The number of nitrogens with two attached hydrogens (primary N) is 1. The molecule has 0 bridgehead atoms. The van der Waals surface area contributed by atoms with Gasteiger partial charge in [-0.3, -0.25) is 4.79 Å². The molecule has 0 radical (unpaired) electrons. The number of carbonyl (C=O) groups is 1. The van der Waals surface area contributed by atoms with Crippen molar-refractivity contribution in [2.45, 2.75) is 19.4 Å². The first kappa shape index (κ1) is 15.2. The molecule has 3 aromatic carbocycles. The van der Waals surface area contributed by atoms with Gasteiger partial charge in [0.25, 0.3) is 0 Å². The minimum atomic E-state index is -0.367. The highest BCUT2D eigenvalue weighted by molar-refractivity contribution is 6.18. The molecule has 1 amide bonds. The maximum atomic E-state index is 12.0. The predicted octanol–water partition coefficient (Wildman–Crippen LogP) is 4.97. The quantitative estimate of drug-likeness (QED) is 0.560. The van der Waals surface area contributed by atoms with E-state index in [-0.39, 0.29) is 5.91 Å². The summed E-state index contributed by atoms with van der Waals surface area (Å²) >= 11 is 0. The Morgan fingerprint density at radius 3 is 2.46 bits per heavy atom. The second kappa shape index (κ2) is 5.73. The predicted molar refractivity (Wildman–Crippen MR) is 106 cm³/mol. The lowest BCUT2D eigenvalue weighted by atomic mass is 10.0. The second-order valence-electron chi connectivity index (χ2n) is 7.22. The Labute approximate surface area is 152 Å². The molecule has 0 spiro atoms. The van der Waals surface area contributed by atoms with Gasteiger partial charge < -0.3 is 10.3 Å². The Bertz CT molecular complexity index is 1140. The third-order valence-corrected chi connectivity index (χ3v) is 5.40.